The Hall–Kier alpha value is -1.03. The molecule has 0 saturated heterocycles. The highest BCUT2D eigenvalue weighted by Gasteiger charge is 2.06. The topological polar surface area (TPSA) is 28.4 Å². The molecule has 0 bridgehead atoms. The first kappa shape index (κ1) is 10.1. The monoisotopic (exact) mass is 198 g/mol. The minimum Gasteiger partial charge on any atom is -0.469 e. The number of hydrogen-bond donors (Lipinski definition) is 1. The molecule has 0 saturated carbocycles. The summed E-state index contributed by atoms with van der Waals surface area (Å²) in [6.45, 7) is 2.73. The summed E-state index contributed by atoms with van der Waals surface area (Å²) in [5, 5.41) is 3.66. The van der Waals surface area contributed by atoms with Crippen molar-refractivity contribution in [3.8, 4) is 0 Å². The number of nitrogens with zero attached hydrogens (tertiary/aromatic N) is 1. The van der Waals surface area contributed by atoms with Crippen LogP contribution >= 0.6 is 12.2 Å². The van der Waals surface area contributed by atoms with E-state index in [9.17, 15) is 0 Å². The van der Waals surface area contributed by atoms with E-state index >= 15 is 0 Å². The van der Waals surface area contributed by atoms with E-state index in [1.54, 1.807) is 6.26 Å². The van der Waals surface area contributed by atoms with Gasteiger partial charge in [0.05, 0.1) is 6.26 Å². The maximum Gasteiger partial charge on any atom is 0.168 e. The zero-order valence-electron chi connectivity index (χ0n) is 8.13. The third kappa shape index (κ3) is 2.45. The molecule has 0 unspecified atom stereocenters. The lowest BCUT2D eigenvalue weighted by molar-refractivity contribution is 0.477. The maximum absolute atomic E-state index is 5.19. The van der Waals surface area contributed by atoms with Gasteiger partial charge in [-0.25, -0.2) is 0 Å². The first-order chi connectivity index (χ1) is 6.15. The molecule has 0 aliphatic carbocycles. The van der Waals surface area contributed by atoms with E-state index in [1.165, 1.54) is 5.56 Å². The number of nitrogens with one attached hydrogen (secondary N) is 1. The molecule has 1 heterocycles. The summed E-state index contributed by atoms with van der Waals surface area (Å²) in [6.07, 6.45) is 1.70. The van der Waals surface area contributed by atoms with E-state index in [0.29, 0.717) is 0 Å². The molecule has 3 nitrogen and oxygen atoms in total. The predicted molar refractivity (Wildman–Crippen MR) is 56.6 cm³/mol. The van der Waals surface area contributed by atoms with E-state index in [-0.39, 0.29) is 0 Å². The van der Waals surface area contributed by atoms with Gasteiger partial charge in [-0.2, -0.15) is 0 Å². The van der Waals surface area contributed by atoms with Crippen molar-refractivity contribution in [1.82, 2.24) is 10.2 Å². The molecule has 0 spiro atoms. The Morgan fingerprint density at radius 1 is 1.69 bits per heavy atom. The number of hydrogen-bond acceptors (Lipinski definition) is 2. The Balaban J connectivity index is 2.59. The van der Waals surface area contributed by atoms with Crippen molar-refractivity contribution in [3.05, 3.63) is 23.7 Å². The lowest BCUT2D eigenvalue weighted by atomic mass is 10.2. The van der Waals surface area contributed by atoms with Crippen LogP contribution in [0.3, 0.4) is 0 Å². The van der Waals surface area contributed by atoms with Crippen molar-refractivity contribution in [2.75, 3.05) is 14.1 Å². The van der Waals surface area contributed by atoms with E-state index in [2.05, 4.69) is 5.32 Å². The van der Waals surface area contributed by atoms with Crippen molar-refractivity contribution >= 4 is 17.3 Å². The first-order valence-electron chi connectivity index (χ1n) is 4.11. The van der Waals surface area contributed by atoms with Crippen LogP contribution in [0.25, 0.3) is 0 Å². The molecular formula is C9H14N2OS. The van der Waals surface area contributed by atoms with Crippen LogP contribution in [0.4, 0.5) is 0 Å². The molecule has 1 N–H and O–H groups in total. The maximum atomic E-state index is 5.19. The van der Waals surface area contributed by atoms with Crippen LogP contribution in [0.1, 0.15) is 11.3 Å². The molecule has 1 aromatic heterocycles. The summed E-state index contributed by atoms with van der Waals surface area (Å²) < 4.78 is 5.19. The second-order valence-corrected chi connectivity index (χ2v) is 3.30. The summed E-state index contributed by atoms with van der Waals surface area (Å²) >= 11 is 5.08. The van der Waals surface area contributed by atoms with Gasteiger partial charge in [-0.05, 0) is 25.2 Å². The van der Waals surface area contributed by atoms with Crippen LogP contribution in [0.15, 0.2) is 16.7 Å². The lowest BCUT2D eigenvalue weighted by Crippen LogP contribution is -2.34. The molecule has 1 rings (SSSR count). The van der Waals surface area contributed by atoms with Gasteiger partial charge in [0, 0.05) is 26.2 Å². The van der Waals surface area contributed by atoms with Gasteiger partial charge in [0.25, 0.3) is 0 Å². The molecule has 0 fully saturated rings. The SMILES string of the molecule is CNC(=S)N(C)Cc1ccoc1C. The van der Waals surface area contributed by atoms with Crippen molar-refractivity contribution in [2.45, 2.75) is 13.5 Å². The van der Waals surface area contributed by atoms with Crippen LogP contribution in [-0.4, -0.2) is 24.1 Å². The molecule has 0 aliphatic heterocycles. The number of rotatable bonds is 2. The van der Waals surface area contributed by atoms with Crippen molar-refractivity contribution < 1.29 is 4.42 Å². The lowest BCUT2D eigenvalue weighted by Gasteiger charge is -2.18. The molecule has 13 heavy (non-hydrogen) atoms. The minimum absolute atomic E-state index is 0.737. The standard InChI is InChI=1S/C9H14N2OS/c1-7-8(4-5-12-7)6-11(3)9(13)10-2/h4-5H,6H2,1-3H3,(H,10,13). The largest absolute Gasteiger partial charge is 0.469 e. The number of aryl methyl sites for hydroxylation is 1. The van der Waals surface area contributed by atoms with Gasteiger partial charge in [-0.1, -0.05) is 0 Å². The third-order valence-electron chi connectivity index (χ3n) is 1.93. The average molecular weight is 198 g/mol. The Kier molecular flexibility index (Phi) is 3.31. The normalized spacial score (nSPS) is 9.77. The van der Waals surface area contributed by atoms with Gasteiger partial charge in [0.15, 0.2) is 5.11 Å². The molecule has 4 heteroatoms. The Morgan fingerprint density at radius 2 is 2.38 bits per heavy atom. The summed E-state index contributed by atoms with van der Waals surface area (Å²) in [4.78, 5) is 1.97. The molecular weight excluding hydrogens is 184 g/mol. The van der Waals surface area contributed by atoms with E-state index in [0.717, 1.165) is 17.4 Å². The Labute approximate surface area is 83.7 Å². The van der Waals surface area contributed by atoms with E-state index < -0.39 is 0 Å². The zero-order valence-corrected chi connectivity index (χ0v) is 8.94. The fourth-order valence-electron chi connectivity index (χ4n) is 1.09. The number of furan rings is 1. The van der Waals surface area contributed by atoms with Gasteiger partial charge in [-0.15, -0.1) is 0 Å². The van der Waals surface area contributed by atoms with Crippen molar-refractivity contribution in [1.29, 1.82) is 0 Å². The molecule has 0 radical (unpaired) electrons. The molecule has 0 atom stereocenters. The molecule has 72 valence electrons. The fourth-order valence-corrected chi connectivity index (χ4v) is 1.16. The van der Waals surface area contributed by atoms with Crippen LogP contribution in [0, 0.1) is 6.92 Å². The number of thiocarbonyl (C=S) groups is 1. The highest BCUT2D eigenvalue weighted by molar-refractivity contribution is 7.80. The predicted octanol–water partition coefficient (Wildman–Crippen LogP) is 1.52. The Morgan fingerprint density at radius 3 is 2.85 bits per heavy atom. The van der Waals surface area contributed by atoms with Crippen LogP contribution < -0.4 is 5.32 Å². The van der Waals surface area contributed by atoms with Crippen molar-refractivity contribution in [2.24, 2.45) is 0 Å². The van der Waals surface area contributed by atoms with E-state index in [1.807, 2.05) is 32.0 Å². The second kappa shape index (κ2) is 4.28. The second-order valence-electron chi connectivity index (χ2n) is 2.91. The van der Waals surface area contributed by atoms with Crippen LogP contribution in [0.5, 0.6) is 0 Å². The molecule has 0 aliphatic rings. The third-order valence-corrected chi connectivity index (χ3v) is 2.45. The molecule has 0 amide bonds. The minimum atomic E-state index is 0.737. The van der Waals surface area contributed by atoms with Gasteiger partial charge >= 0.3 is 0 Å². The highest BCUT2D eigenvalue weighted by atomic mass is 32.1. The summed E-state index contributed by atoms with van der Waals surface area (Å²) in [6, 6.07) is 1.96. The van der Waals surface area contributed by atoms with Crippen LogP contribution in [0.2, 0.25) is 0 Å². The average Bonchev–Trinajstić information content (AvgIpc) is 2.50. The van der Waals surface area contributed by atoms with Gasteiger partial charge in [-0.3, -0.25) is 0 Å². The van der Waals surface area contributed by atoms with E-state index in [4.69, 9.17) is 16.6 Å². The first-order valence-corrected chi connectivity index (χ1v) is 4.51. The van der Waals surface area contributed by atoms with Crippen molar-refractivity contribution in [3.63, 3.8) is 0 Å². The quantitative estimate of drug-likeness (QED) is 0.729. The Bertz CT molecular complexity index is 296. The van der Waals surface area contributed by atoms with Gasteiger partial charge in [0.2, 0.25) is 0 Å². The fraction of sp³-hybridized carbons (Fsp3) is 0.444. The molecule has 1 aromatic rings. The zero-order chi connectivity index (χ0) is 9.84. The summed E-state index contributed by atoms with van der Waals surface area (Å²) in [5.74, 6) is 0.950. The molecule has 0 aromatic carbocycles. The summed E-state index contributed by atoms with van der Waals surface area (Å²) in [5.41, 5.74) is 1.17. The van der Waals surface area contributed by atoms with Crippen LogP contribution in [-0.2, 0) is 6.54 Å². The smallest absolute Gasteiger partial charge is 0.168 e. The highest BCUT2D eigenvalue weighted by Crippen LogP contribution is 2.10. The van der Waals surface area contributed by atoms with Gasteiger partial charge in [0.1, 0.15) is 5.76 Å². The van der Waals surface area contributed by atoms with Gasteiger partial charge < -0.3 is 14.6 Å². The summed E-state index contributed by atoms with van der Waals surface area (Å²) in [7, 11) is 3.77.